The fourth-order valence-electron chi connectivity index (χ4n) is 3.37. The monoisotopic (exact) mass is 450 g/mol. The average Bonchev–Trinajstić information content (AvgIpc) is 2.75. The highest BCUT2D eigenvalue weighted by molar-refractivity contribution is 7.97. The maximum absolute atomic E-state index is 12.7. The van der Waals surface area contributed by atoms with Crippen molar-refractivity contribution < 1.29 is 13.7 Å². The van der Waals surface area contributed by atoms with Crippen LogP contribution in [0.5, 0.6) is 5.75 Å². The van der Waals surface area contributed by atoms with E-state index in [1.165, 1.54) is 11.9 Å². The van der Waals surface area contributed by atoms with E-state index >= 15 is 0 Å². The van der Waals surface area contributed by atoms with E-state index in [0.29, 0.717) is 17.8 Å². The highest BCUT2D eigenvalue weighted by atomic mass is 32.2. The van der Waals surface area contributed by atoms with Crippen molar-refractivity contribution in [1.82, 2.24) is 9.62 Å². The van der Waals surface area contributed by atoms with Crippen molar-refractivity contribution in [1.29, 1.82) is 0 Å². The van der Waals surface area contributed by atoms with Gasteiger partial charge in [-0.25, -0.2) is 0 Å². The Kier molecular flexibility index (Phi) is 10.5. The Morgan fingerprint density at radius 3 is 2.37 bits per heavy atom. The molecule has 7 heteroatoms. The number of hydrogen-bond donors (Lipinski definition) is 1. The zero-order chi connectivity index (χ0) is 21.9. The molecule has 0 bridgehead atoms. The molecule has 1 aromatic carbocycles. The molecule has 1 aliphatic rings. The third-order valence-corrected chi connectivity index (χ3v) is 6.59. The van der Waals surface area contributed by atoms with E-state index in [2.05, 4.69) is 23.5 Å². The molecule has 2 rings (SSSR count). The predicted molar refractivity (Wildman–Crippen MR) is 128 cm³/mol. The zero-order valence-electron chi connectivity index (χ0n) is 18.5. The molecule has 0 saturated heterocycles. The van der Waals surface area contributed by atoms with Crippen molar-refractivity contribution in [2.75, 3.05) is 25.6 Å². The molecule has 0 saturated carbocycles. The van der Waals surface area contributed by atoms with Crippen LogP contribution in [-0.2, 0) is 15.6 Å². The van der Waals surface area contributed by atoms with Crippen molar-refractivity contribution in [3.05, 3.63) is 53.4 Å². The lowest BCUT2D eigenvalue weighted by Crippen LogP contribution is -2.36. The molecule has 1 N–H and O–H groups in total. The van der Waals surface area contributed by atoms with Crippen molar-refractivity contribution in [2.24, 2.45) is 0 Å². The van der Waals surface area contributed by atoms with Crippen molar-refractivity contribution in [3.63, 3.8) is 0 Å². The normalized spacial score (nSPS) is 17.3. The van der Waals surface area contributed by atoms with Gasteiger partial charge >= 0.3 is 0 Å². The van der Waals surface area contributed by atoms with E-state index in [1.54, 1.807) is 6.26 Å². The van der Waals surface area contributed by atoms with Gasteiger partial charge in [0.1, 0.15) is 11.5 Å². The number of allylic oxidation sites excluding steroid dienone is 1. The number of nitrogens with zero attached hydrogens (tertiary/aromatic N) is 1. The lowest BCUT2D eigenvalue weighted by molar-refractivity contribution is -0.115. The average molecular weight is 451 g/mol. The standard InChI is InChI=1S/C23H34N2O3S2/c1-5-7-14-25(15-8-6-2)20-16-18(23(26)24-29-3)17-21(30(4)27)22(20)28-19-12-10-9-11-13-19/h9-13,16,21H,5-8,14-15,17H2,1-4H3,(H,24,26). The summed E-state index contributed by atoms with van der Waals surface area (Å²) in [6.45, 7) is 6.10. The maximum atomic E-state index is 12.7. The minimum Gasteiger partial charge on any atom is -0.458 e. The van der Waals surface area contributed by atoms with Gasteiger partial charge in [0.15, 0.2) is 0 Å². The molecule has 1 amide bonds. The predicted octanol–water partition coefficient (Wildman–Crippen LogP) is 4.65. The lowest BCUT2D eigenvalue weighted by Gasteiger charge is -2.33. The van der Waals surface area contributed by atoms with Crippen LogP contribution in [0.15, 0.2) is 53.4 Å². The van der Waals surface area contributed by atoms with Gasteiger partial charge in [-0.3, -0.25) is 13.7 Å². The first kappa shape index (κ1) is 24.5. The van der Waals surface area contributed by atoms with Crippen molar-refractivity contribution in [2.45, 2.75) is 51.2 Å². The minimum absolute atomic E-state index is 0.125. The molecule has 5 nitrogen and oxygen atoms in total. The molecule has 0 heterocycles. The van der Waals surface area contributed by atoms with Gasteiger partial charge in [-0.1, -0.05) is 56.8 Å². The second kappa shape index (κ2) is 12.8. The highest BCUT2D eigenvalue weighted by Gasteiger charge is 2.33. The summed E-state index contributed by atoms with van der Waals surface area (Å²) in [5.41, 5.74) is 1.54. The fraction of sp³-hybridized carbons (Fsp3) is 0.522. The first-order valence-electron chi connectivity index (χ1n) is 10.6. The van der Waals surface area contributed by atoms with Gasteiger partial charge < -0.3 is 9.64 Å². The molecule has 2 atom stereocenters. The molecule has 0 aromatic heterocycles. The van der Waals surface area contributed by atoms with E-state index in [9.17, 15) is 9.00 Å². The van der Waals surface area contributed by atoms with Crippen LogP contribution in [-0.4, -0.2) is 45.9 Å². The number of amides is 1. The number of benzene rings is 1. The molecular formula is C23H34N2O3S2. The molecule has 166 valence electrons. The number of carbonyl (C=O) groups excluding carboxylic acids is 1. The van der Waals surface area contributed by atoms with Crippen LogP contribution in [0.4, 0.5) is 0 Å². The second-order valence-electron chi connectivity index (χ2n) is 7.36. The summed E-state index contributed by atoms with van der Waals surface area (Å²) < 4.78 is 21.9. The molecule has 2 unspecified atom stereocenters. The van der Waals surface area contributed by atoms with Crippen LogP contribution in [0, 0.1) is 0 Å². The Morgan fingerprint density at radius 2 is 1.83 bits per heavy atom. The number of hydrogen-bond acceptors (Lipinski definition) is 5. The topological polar surface area (TPSA) is 58.6 Å². The molecule has 30 heavy (non-hydrogen) atoms. The summed E-state index contributed by atoms with van der Waals surface area (Å²) in [7, 11) is -1.18. The maximum Gasteiger partial charge on any atom is 0.257 e. The molecule has 0 aliphatic heterocycles. The van der Waals surface area contributed by atoms with Gasteiger partial charge in [-0.05, 0) is 37.5 Å². The zero-order valence-corrected chi connectivity index (χ0v) is 20.1. The molecule has 0 spiro atoms. The third kappa shape index (κ3) is 6.91. The van der Waals surface area contributed by atoms with Gasteiger partial charge in [0.2, 0.25) is 0 Å². The molecule has 1 aliphatic carbocycles. The number of carbonyl (C=O) groups is 1. The quantitative estimate of drug-likeness (QED) is 0.470. The Balaban J connectivity index is 2.56. The Labute approximate surface area is 187 Å². The van der Waals surface area contributed by atoms with Gasteiger partial charge in [-0.2, -0.15) is 0 Å². The number of nitrogens with one attached hydrogen (secondary N) is 1. The first-order valence-corrected chi connectivity index (χ1v) is 13.4. The molecule has 0 fully saturated rings. The van der Waals surface area contributed by atoms with Crippen molar-refractivity contribution in [3.8, 4) is 5.75 Å². The molecule has 1 aromatic rings. The minimum atomic E-state index is -1.18. The second-order valence-corrected chi connectivity index (χ2v) is 9.53. The van der Waals surface area contributed by atoms with E-state index in [-0.39, 0.29) is 11.2 Å². The summed E-state index contributed by atoms with van der Waals surface area (Å²) in [4.78, 5) is 14.9. The van der Waals surface area contributed by atoms with Gasteiger partial charge in [0.25, 0.3) is 5.91 Å². The summed E-state index contributed by atoms with van der Waals surface area (Å²) in [6.07, 6.45) is 10.1. The number of unbranched alkanes of at least 4 members (excludes halogenated alkanes) is 2. The van der Waals surface area contributed by atoms with E-state index in [0.717, 1.165) is 50.2 Å². The Hall–Kier alpha value is -1.73. The Bertz CT molecular complexity index is 770. The number of ether oxygens (including phenoxy) is 1. The van der Waals surface area contributed by atoms with Gasteiger partial charge in [0.05, 0.1) is 10.9 Å². The van der Waals surface area contributed by atoms with E-state index in [4.69, 9.17) is 4.74 Å². The van der Waals surface area contributed by atoms with Crippen LogP contribution in [0.3, 0.4) is 0 Å². The number of rotatable bonds is 12. The van der Waals surface area contributed by atoms with Gasteiger partial charge in [0, 0.05) is 42.0 Å². The summed E-state index contributed by atoms with van der Waals surface area (Å²) in [5.74, 6) is 1.30. The summed E-state index contributed by atoms with van der Waals surface area (Å²) in [6, 6.07) is 9.60. The van der Waals surface area contributed by atoms with Crippen LogP contribution >= 0.6 is 11.9 Å². The van der Waals surface area contributed by atoms with Crippen LogP contribution in [0.1, 0.15) is 46.0 Å². The summed E-state index contributed by atoms with van der Waals surface area (Å²) >= 11 is 1.28. The largest absolute Gasteiger partial charge is 0.458 e. The first-order chi connectivity index (χ1) is 14.5. The van der Waals surface area contributed by atoms with Crippen molar-refractivity contribution >= 4 is 28.7 Å². The SMILES string of the molecule is CCCCN(CCCC)C1=C(Oc2ccccc2)C(S(C)=O)CC(C(=O)NSC)=C1. The molecule has 0 radical (unpaired) electrons. The van der Waals surface area contributed by atoms with Crippen LogP contribution in [0.2, 0.25) is 0 Å². The fourth-order valence-corrected chi connectivity index (χ4v) is 4.57. The molecular weight excluding hydrogens is 416 g/mol. The Morgan fingerprint density at radius 1 is 1.20 bits per heavy atom. The van der Waals surface area contributed by atoms with Crippen LogP contribution < -0.4 is 9.46 Å². The summed E-state index contributed by atoms with van der Waals surface area (Å²) in [5, 5.41) is -0.362. The van der Waals surface area contributed by atoms with Crippen LogP contribution in [0.25, 0.3) is 0 Å². The smallest absolute Gasteiger partial charge is 0.257 e. The van der Waals surface area contributed by atoms with E-state index in [1.807, 2.05) is 42.7 Å². The number of para-hydroxylation sites is 1. The third-order valence-electron chi connectivity index (χ3n) is 5.02. The van der Waals surface area contributed by atoms with E-state index < -0.39 is 10.8 Å². The van der Waals surface area contributed by atoms with Gasteiger partial charge in [-0.15, -0.1) is 0 Å². The lowest BCUT2D eigenvalue weighted by atomic mass is 9.99. The highest BCUT2D eigenvalue weighted by Crippen LogP contribution is 2.32.